The second kappa shape index (κ2) is 8.65. The first kappa shape index (κ1) is 17.5. The van der Waals surface area contributed by atoms with Crippen LogP contribution in [0.15, 0.2) is 72.8 Å². The Morgan fingerprint density at radius 2 is 1.24 bits per heavy atom. The molecular weight excluding hydrogens is 355 g/mol. The molecule has 0 fully saturated rings. The summed E-state index contributed by atoms with van der Waals surface area (Å²) in [4.78, 5) is 0. The molecule has 0 saturated heterocycles. The van der Waals surface area contributed by atoms with Crippen molar-refractivity contribution in [3.05, 3.63) is 82.8 Å². The highest BCUT2D eigenvalue weighted by Gasteiger charge is 2.00. The predicted molar refractivity (Wildman–Crippen MR) is 106 cm³/mol. The second-order valence-electron chi connectivity index (χ2n) is 5.42. The lowest BCUT2D eigenvalue weighted by atomic mass is 10.3. The van der Waals surface area contributed by atoms with Crippen LogP contribution in [0.2, 0.25) is 10.0 Å². The fraction of sp³-hybridized carbons (Fsp3) is 0.100. The van der Waals surface area contributed by atoms with Crippen molar-refractivity contribution in [1.29, 1.82) is 0 Å². The van der Waals surface area contributed by atoms with Gasteiger partial charge in [-0.1, -0.05) is 41.4 Å². The molecule has 0 saturated carbocycles. The largest absolute Gasteiger partial charge is 0.457 e. The number of ether oxygens (including phenoxy) is 1. The fourth-order valence-electron chi connectivity index (χ4n) is 2.29. The summed E-state index contributed by atoms with van der Waals surface area (Å²) in [6, 6.07) is 23.1. The highest BCUT2D eigenvalue weighted by atomic mass is 35.5. The summed E-state index contributed by atoms with van der Waals surface area (Å²) in [5, 5.41) is 7.76. The Hall–Kier alpha value is -2.36. The molecule has 3 rings (SSSR count). The standard InChI is InChI=1S/C20H18Cl2N2O/c21-19-11-8-16(14-20(19)22)24-13-12-23-15-6-9-18(10-7-15)25-17-4-2-1-3-5-17/h1-11,14,23-24H,12-13H2. The Labute approximate surface area is 157 Å². The summed E-state index contributed by atoms with van der Waals surface area (Å²) in [6.45, 7) is 1.54. The predicted octanol–water partition coefficient (Wildman–Crippen LogP) is 6.31. The molecular formula is C20H18Cl2N2O. The van der Waals surface area contributed by atoms with Crippen LogP contribution in [0.5, 0.6) is 11.5 Å². The van der Waals surface area contributed by atoms with Crippen LogP contribution in [0.25, 0.3) is 0 Å². The van der Waals surface area contributed by atoms with Crippen LogP contribution < -0.4 is 15.4 Å². The van der Waals surface area contributed by atoms with E-state index in [0.717, 1.165) is 36.0 Å². The molecule has 0 spiro atoms. The monoisotopic (exact) mass is 372 g/mol. The molecule has 3 aromatic rings. The number of para-hydroxylation sites is 1. The van der Waals surface area contributed by atoms with Gasteiger partial charge in [0.2, 0.25) is 0 Å². The maximum atomic E-state index is 6.00. The second-order valence-corrected chi connectivity index (χ2v) is 6.24. The first-order valence-corrected chi connectivity index (χ1v) is 8.72. The van der Waals surface area contributed by atoms with Crippen LogP contribution in [-0.2, 0) is 0 Å². The highest BCUT2D eigenvalue weighted by molar-refractivity contribution is 6.42. The maximum absolute atomic E-state index is 6.00. The minimum atomic E-state index is 0.550. The van der Waals surface area contributed by atoms with Crippen molar-refractivity contribution >= 4 is 34.6 Å². The van der Waals surface area contributed by atoms with Crippen LogP contribution >= 0.6 is 23.2 Å². The summed E-state index contributed by atoms with van der Waals surface area (Å²) in [7, 11) is 0. The molecule has 0 unspecified atom stereocenters. The highest BCUT2D eigenvalue weighted by Crippen LogP contribution is 2.25. The lowest BCUT2D eigenvalue weighted by Crippen LogP contribution is -2.13. The summed E-state index contributed by atoms with van der Waals surface area (Å²) in [5.41, 5.74) is 1.99. The quantitative estimate of drug-likeness (QED) is 0.476. The van der Waals surface area contributed by atoms with E-state index in [-0.39, 0.29) is 0 Å². The topological polar surface area (TPSA) is 33.3 Å². The van der Waals surface area contributed by atoms with Crippen molar-refractivity contribution in [1.82, 2.24) is 0 Å². The number of rotatable bonds is 7. The molecule has 0 atom stereocenters. The third-order valence-electron chi connectivity index (χ3n) is 3.54. The van der Waals surface area contributed by atoms with Gasteiger partial charge in [-0.15, -0.1) is 0 Å². The molecule has 0 heterocycles. The first-order valence-electron chi connectivity index (χ1n) is 7.96. The molecule has 0 radical (unpaired) electrons. The van der Waals surface area contributed by atoms with E-state index in [2.05, 4.69) is 10.6 Å². The van der Waals surface area contributed by atoms with E-state index in [1.54, 1.807) is 6.07 Å². The summed E-state index contributed by atoms with van der Waals surface area (Å²) in [6.07, 6.45) is 0. The van der Waals surface area contributed by atoms with Gasteiger partial charge in [-0.25, -0.2) is 0 Å². The van der Waals surface area contributed by atoms with Gasteiger partial charge in [0.1, 0.15) is 11.5 Å². The smallest absolute Gasteiger partial charge is 0.127 e. The Balaban J connectivity index is 1.44. The average Bonchev–Trinajstić information content (AvgIpc) is 2.64. The van der Waals surface area contributed by atoms with E-state index in [1.807, 2.05) is 66.7 Å². The van der Waals surface area contributed by atoms with Crippen molar-refractivity contribution < 1.29 is 4.74 Å². The molecule has 0 bridgehead atoms. The fourth-order valence-corrected chi connectivity index (χ4v) is 2.58. The molecule has 0 aliphatic carbocycles. The summed E-state index contributed by atoms with van der Waals surface area (Å²) in [5.74, 6) is 1.64. The van der Waals surface area contributed by atoms with Crippen molar-refractivity contribution in [2.24, 2.45) is 0 Å². The van der Waals surface area contributed by atoms with Gasteiger partial charge >= 0.3 is 0 Å². The van der Waals surface area contributed by atoms with E-state index in [9.17, 15) is 0 Å². The van der Waals surface area contributed by atoms with Gasteiger partial charge in [-0.05, 0) is 54.6 Å². The van der Waals surface area contributed by atoms with Crippen LogP contribution in [0.1, 0.15) is 0 Å². The Morgan fingerprint density at radius 3 is 1.92 bits per heavy atom. The SMILES string of the molecule is Clc1ccc(NCCNc2ccc(Oc3ccccc3)cc2)cc1Cl. The number of halogens is 2. The third kappa shape index (κ3) is 5.31. The zero-order chi connectivity index (χ0) is 17.5. The molecule has 3 aromatic carbocycles. The van der Waals surface area contributed by atoms with Gasteiger partial charge in [-0.2, -0.15) is 0 Å². The van der Waals surface area contributed by atoms with Gasteiger partial charge in [-0.3, -0.25) is 0 Å². The molecule has 0 amide bonds. The van der Waals surface area contributed by atoms with Crippen LogP contribution in [0.4, 0.5) is 11.4 Å². The molecule has 0 aromatic heterocycles. The zero-order valence-electron chi connectivity index (χ0n) is 13.5. The van der Waals surface area contributed by atoms with Gasteiger partial charge < -0.3 is 15.4 Å². The van der Waals surface area contributed by atoms with Gasteiger partial charge in [0.05, 0.1) is 10.0 Å². The average molecular weight is 373 g/mol. The van der Waals surface area contributed by atoms with E-state index < -0.39 is 0 Å². The number of hydrogen-bond donors (Lipinski definition) is 2. The number of anilines is 2. The molecule has 128 valence electrons. The van der Waals surface area contributed by atoms with Crippen molar-refractivity contribution in [2.45, 2.75) is 0 Å². The van der Waals surface area contributed by atoms with Gasteiger partial charge in [0, 0.05) is 24.5 Å². The van der Waals surface area contributed by atoms with Crippen molar-refractivity contribution in [3.63, 3.8) is 0 Å². The zero-order valence-corrected chi connectivity index (χ0v) is 15.0. The van der Waals surface area contributed by atoms with Crippen molar-refractivity contribution in [3.8, 4) is 11.5 Å². The Bertz CT molecular complexity index is 808. The molecule has 25 heavy (non-hydrogen) atoms. The first-order chi connectivity index (χ1) is 12.2. The molecule has 2 N–H and O–H groups in total. The minimum Gasteiger partial charge on any atom is -0.457 e. The lowest BCUT2D eigenvalue weighted by molar-refractivity contribution is 0.483. The van der Waals surface area contributed by atoms with Crippen LogP contribution in [0, 0.1) is 0 Å². The number of benzene rings is 3. The number of nitrogens with one attached hydrogen (secondary N) is 2. The molecule has 0 aliphatic heterocycles. The minimum absolute atomic E-state index is 0.550. The summed E-state index contributed by atoms with van der Waals surface area (Å²) >= 11 is 11.9. The van der Waals surface area contributed by atoms with E-state index in [0.29, 0.717) is 10.0 Å². The number of hydrogen-bond acceptors (Lipinski definition) is 3. The normalized spacial score (nSPS) is 10.3. The molecule has 0 aliphatic rings. The molecule has 5 heteroatoms. The van der Waals surface area contributed by atoms with E-state index >= 15 is 0 Å². The Morgan fingerprint density at radius 1 is 0.640 bits per heavy atom. The van der Waals surface area contributed by atoms with Gasteiger partial charge in [0.15, 0.2) is 0 Å². The maximum Gasteiger partial charge on any atom is 0.127 e. The molecule has 3 nitrogen and oxygen atoms in total. The van der Waals surface area contributed by atoms with E-state index in [4.69, 9.17) is 27.9 Å². The van der Waals surface area contributed by atoms with Crippen LogP contribution in [0.3, 0.4) is 0 Å². The van der Waals surface area contributed by atoms with E-state index in [1.165, 1.54) is 0 Å². The van der Waals surface area contributed by atoms with Crippen LogP contribution in [-0.4, -0.2) is 13.1 Å². The lowest BCUT2D eigenvalue weighted by Gasteiger charge is -2.10. The Kier molecular flexibility index (Phi) is 6.04. The third-order valence-corrected chi connectivity index (χ3v) is 4.28. The summed E-state index contributed by atoms with van der Waals surface area (Å²) < 4.78 is 5.77. The van der Waals surface area contributed by atoms with Gasteiger partial charge in [0.25, 0.3) is 0 Å². The van der Waals surface area contributed by atoms with Crippen molar-refractivity contribution in [2.75, 3.05) is 23.7 Å².